The van der Waals surface area contributed by atoms with Crippen LogP contribution in [0.25, 0.3) is 6.08 Å². The van der Waals surface area contributed by atoms with E-state index in [-0.39, 0.29) is 48.3 Å². The zero-order valence-corrected chi connectivity index (χ0v) is 21.1. The van der Waals surface area contributed by atoms with E-state index in [9.17, 15) is 14.7 Å². The molecule has 0 unspecified atom stereocenters. The molecular formula is C29H39NO5. The minimum atomic E-state index is -0.235. The van der Waals surface area contributed by atoms with Gasteiger partial charge in [0.1, 0.15) is 18.1 Å². The number of imide groups is 1. The van der Waals surface area contributed by atoms with Gasteiger partial charge in [-0.15, -0.1) is 0 Å². The topological polar surface area (TPSA) is 80.0 Å². The maximum atomic E-state index is 13.6. The lowest BCUT2D eigenvalue weighted by molar-refractivity contribution is -0.143. The molecule has 2 aliphatic heterocycles. The Morgan fingerprint density at radius 2 is 1.91 bits per heavy atom. The van der Waals surface area contributed by atoms with Crippen LogP contribution in [0.3, 0.4) is 0 Å². The van der Waals surface area contributed by atoms with Gasteiger partial charge in [-0.1, -0.05) is 44.3 Å². The molecule has 2 amide bonds. The van der Waals surface area contributed by atoms with E-state index in [1.807, 2.05) is 6.07 Å². The number of allylic oxidation sites excluding steroid dienone is 2. The van der Waals surface area contributed by atoms with Gasteiger partial charge in [-0.2, -0.15) is 0 Å². The van der Waals surface area contributed by atoms with Gasteiger partial charge in [0.15, 0.2) is 0 Å². The number of ether oxygens (including phenoxy) is 1. The lowest BCUT2D eigenvalue weighted by Gasteiger charge is -2.31. The van der Waals surface area contributed by atoms with Crippen LogP contribution in [0.15, 0.2) is 33.3 Å². The summed E-state index contributed by atoms with van der Waals surface area (Å²) in [5.74, 6) is 1.11. The molecular weight excluding hydrogens is 442 g/mol. The van der Waals surface area contributed by atoms with Gasteiger partial charge in [-0.3, -0.25) is 14.5 Å². The third kappa shape index (κ3) is 4.55. The minimum Gasteiger partial charge on any atom is -0.459 e. The van der Waals surface area contributed by atoms with E-state index in [0.29, 0.717) is 18.8 Å². The largest absolute Gasteiger partial charge is 0.459 e. The monoisotopic (exact) mass is 481 g/mol. The number of nitrogens with zero attached hydrogens (tertiary/aromatic N) is 1. The minimum absolute atomic E-state index is 0.0158. The van der Waals surface area contributed by atoms with Gasteiger partial charge < -0.3 is 14.3 Å². The number of hydrogen-bond acceptors (Lipinski definition) is 5. The molecule has 4 atom stereocenters. The number of amides is 2. The Hall–Kier alpha value is -2.18. The zero-order chi connectivity index (χ0) is 24.5. The molecule has 1 aromatic heterocycles. The van der Waals surface area contributed by atoms with E-state index in [1.165, 1.54) is 23.1 Å². The van der Waals surface area contributed by atoms with Crippen molar-refractivity contribution >= 4 is 17.9 Å². The predicted molar refractivity (Wildman–Crippen MR) is 133 cm³/mol. The molecule has 3 fully saturated rings. The zero-order valence-electron chi connectivity index (χ0n) is 21.1. The molecule has 0 radical (unpaired) electrons. The number of carbonyl (C=O) groups excluding carboxylic acids is 2. The summed E-state index contributed by atoms with van der Waals surface area (Å²) in [4.78, 5) is 28.7. The number of fused-ring (bicyclic) bond motifs is 3. The summed E-state index contributed by atoms with van der Waals surface area (Å²) >= 11 is 0. The molecule has 190 valence electrons. The van der Waals surface area contributed by atoms with E-state index < -0.39 is 0 Å². The van der Waals surface area contributed by atoms with Crippen LogP contribution in [0.5, 0.6) is 0 Å². The number of furan rings is 1. The van der Waals surface area contributed by atoms with Crippen LogP contribution in [0.4, 0.5) is 0 Å². The van der Waals surface area contributed by atoms with Crippen molar-refractivity contribution in [2.24, 2.45) is 17.8 Å². The Balaban J connectivity index is 1.32. The summed E-state index contributed by atoms with van der Waals surface area (Å²) in [6.07, 6.45) is 11.7. The second kappa shape index (κ2) is 10.4. The molecule has 1 saturated carbocycles. The van der Waals surface area contributed by atoms with Crippen molar-refractivity contribution in [1.82, 2.24) is 4.90 Å². The number of aliphatic hydroxyl groups excluding tert-OH is 1. The molecule has 1 N–H and O–H groups in total. The normalized spacial score (nSPS) is 29.8. The van der Waals surface area contributed by atoms with Crippen LogP contribution in [-0.2, 0) is 20.9 Å². The first kappa shape index (κ1) is 24.5. The second-order valence-electron chi connectivity index (χ2n) is 10.7. The van der Waals surface area contributed by atoms with Gasteiger partial charge in [0.25, 0.3) is 0 Å². The van der Waals surface area contributed by atoms with Gasteiger partial charge in [-0.25, -0.2) is 0 Å². The SMILES string of the molecule is CCC1=C2[C@@H](CC/C(=C/c3ccc(CO)o3)CC)OC[C@@H]2[C@@H]2C(=O)N(C3CCCCC3)C(=O)[C@@H]2C1. The first-order valence-corrected chi connectivity index (χ1v) is 13.6. The van der Waals surface area contributed by atoms with Crippen molar-refractivity contribution in [3.63, 3.8) is 0 Å². The van der Waals surface area contributed by atoms with Gasteiger partial charge in [0, 0.05) is 12.0 Å². The Kier molecular flexibility index (Phi) is 7.31. The standard InChI is InChI=1S/C29H39NO5/c1-3-18(14-21-11-12-22(16-31)35-21)10-13-25-26-19(4-2)15-23-27(24(26)17-34-25)29(33)30(28(23)32)20-8-6-5-7-9-20/h11-12,14,20,23-25,27,31H,3-10,13,15-17H2,1-2H3/b18-14+/t23-,24+,25-,27-/m1/s1. The number of likely N-dealkylation sites (tertiary alicyclic amines) is 1. The predicted octanol–water partition coefficient (Wildman–Crippen LogP) is 5.40. The van der Waals surface area contributed by atoms with Gasteiger partial charge >= 0.3 is 0 Å². The molecule has 0 spiro atoms. The van der Waals surface area contributed by atoms with Gasteiger partial charge in [0.05, 0.1) is 24.5 Å². The molecule has 0 bridgehead atoms. The highest BCUT2D eigenvalue weighted by Gasteiger charge is 2.57. The first-order chi connectivity index (χ1) is 17.0. The molecule has 35 heavy (non-hydrogen) atoms. The van der Waals surface area contributed by atoms with Crippen molar-refractivity contribution in [3.05, 3.63) is 40.4 Å². The van der Waals surface area contributed by atoms with Gasteiger partial charge in [0.2, 0.25) is 11.8 Å². The average molecular weight is 482 g/mol. The highest BCUT2D eigenvalue weighted by molar-refractivity contribution is 6.06. The summed E-state index contributed by atoms with van der Waals surface area (Å²) in [6.45, 7) is 4.76. The maximum absolute atomic E-state index is 13.6. The van der Waals surface area contributed by atoms with Crippen molar-refractivity contribution in [1.29, 1.82) is 0 Å². The number of hydrogen-bond donors (Lipinski definition) is 1. The lowest BCUT2D eigenvalue weighted by atomic mass is 9.69. The maximum Gasteiger partial charge on any atom is 0.234 e. The van der Waals surface area contributed by atoms with Crippen molar-refractivity contribution in [2.75, 3.05) is 6.61 Å². The molecule has 5 rings (SSSR count). The number of rotatable bonds is 8. The molecule has 6 nitrogen and oxygen atoms in total. The summed E-state index contributed by atoms with van der Waals surface area (Å²) in [7, 11) is 0. The fourth-order valence-corrected chi connectivity index (χ4v) is 6.96. The van der Waals surface area contributed by atoms with E-state index in [0.717, 1.165) is 57.1 Å². The van der Waals surface area contributed by atoms with E-state index in [2.05, 4.69) is 19.9 Å². The van der Waals surface area contributed by atoms with Crippen LogP contribution in [0, 0.1) is 17.8 Å². The van der Waals surface area contributed by atoms with E-state index in [4.69, 9.17) is 9.15 Å². The fourth-order valence-electron chi connectivity index (χ4n) is 6.96. The highest BCUT2D eigenvalue weighted by atomic mass is 16.5. The Morgan fingerprint density at radius 1 is 1.11 bits per heavy atom. The molecule has 2 aliphatic carbocycles. The number of aliphatic hydroxyl groups is 1. The summed E-state index contributed by atoms with van der Waals surface area (Å²) < 4.78 is 12.0. The Morgan fingerprint density at radius 3 is 2.60 bits per heavy atom. The average Bonchev–Trinajstić information content (AvgIpc) is 3.58. The lowest BCUT2D eigenvalue weighted by Crippen LogP contribution is -2.42. The van der Waals surface area contributed by atoms with Crippen molar-refractivity contribution in [2.45, 2.75) is 96.8 Å². The molecule has 6 heteroatoms. The number of carbonyl (C=O) groups is 2. The quantitative estimate of drug-likeness (QED) is 0.397. The first-order valence-electron chi connectivity index (χ1n) is 13.6. The fraction of sp³-hybridized carbons (Fsp3) is 0.655. The summed E-state index contributed by atoms with van der Waals surface area (Å²) in [6, 6.07) is 3.80. The molecule has 0 aromatic carbocycles. The molecule has 2 saturated heterocycles. The van der Waals surface area contributed by atoms with Crippen LogP contribution < -0.4 is 0 Å². The van der Waals surface area contributed by atoms with Crippen LogP contribution in [0.2, 0.25) is 0 Å². The highest BCUT2D eigenvalue weighted by Crippen LogP contribution is 2.51. The molecule has 3 heterocycles. The second-order valence-corrected chi connectivity index (χ2v) is 10.7. The Labute approximate surface area is 208 Å². The third-order valence-electron chi connectivity index (χ3n) is 8.78. The van der Waals surface area contributed by atoms with Gasteiger partial charge in [-0.05, 0) is 68.7 Å². The van der Waals surface area contributed by atoms with Crippen LogP contribution in [-0.4, -0.2) is 40.6 Å². The van der Waals surface area contributed by atoms with Crippen LogP contribution >= 0.6 is 0 Å². The van der Waals surface area contributed by atoms with Crippen molar-refractivity contribution < 1.29 is 23.8 Å². The Bertz CT molecular complexity index is 1010. The van der Waals surface area contributed by atoms with Crippen LogP contribution in [0.1, 0.15) is 89.6 Å². The third-order valence-corrected chi connectivity index (χ3v) is 8.78. The summed E-state index contributed by atoms with van der Waals surface area (Å²) in [5, 5.41) is 9.25. The smallest absolute Gasteiger partial charge is 0.234 e. The summed E-state index contributed by atoms with van der Waals surface area (Å²) in [5.41, 5.74) is 3.93. The van der Waals surface area contributed by atoms with E-state index in [1.54, 1.807) is 11.0 Å². The van der Waals surface area contributed by atoms with Crippen molar-refractivity contribution in [3.8, 4) is 0 Å². The molecule has 1 aromatic rings. The molecule has 4 aliphatic rings. The van der Waals surface area contributed by atoms with E-state index >= 15 is 0 Å².